The highest BCUT2D eigenvalue weighted by molar-refractivity contribution is 5.94. The van der Waals surface area contributed by atoms with Gasteiger partial charge in [-0.25, -0.2) is 4.68 Å². The third-order valence-corrected chi connectivity index (χ3v) is 6.81. The maximum Gasteiger partial charge on any atom is 0.270 e. The molecule has 0 saturated heterocycles. The van der Waals surface area contributed by atoms with E-state index in [1.54, 1.807) is 4.68 Å². The number of nitrogens with one attached hydrogen (secondary N) is 1. The van der Waals surface area contributed by atoms with E-state index in [4.69, 9.17) is 5.10 Å². The second kappa shape index (κ2) is 7.51. The van der Waals surface area contributed by atoms with Crippen molar-refractivity contribution >= 4 is 5.91 Å². The predicted octanol–water partition coefficient (Wildman–Crippen LogP) is 5.09. The minimum absolute atomic E-state index is 0.0428. The molecule has 2 aromatic carbocycles. The fourth-order valence-electron chi connectivity index (χ4n) is 5.35. The number of rotatable bonds is 5. The van der Waals surface area contributed by atoms with Gasteiger partial charge in [0.25, 0.3) is 5.91 Å². The summed E-state index contributed by atoms with van der Waals surface area (Å²) in [5, 5.41) is 8.07. The summed E-state index contributed by atoms with van der Waals surface area (Å²) in [7, 11) is 0. The molecule has 2 aliphatic rings. The normalized spacial score (nSPS) is 23.8. The Bertz CT molecular complexity index is 995. The van der Waals surface area contributed by atoms with Crippen LogP contribution >= 0.6 is 0 Å². The van der Waals surface area contributed by atoms with Crippen LogP contribution in [0.2, 0.25) is 0 Å². The van der Waals surface area contributed by atoms with E-state index in [-0.39, 0.29) is 11.9 Å². The van der Waals surface area contributed by atoms with Crippen molar-refractivity contribution in [3.63, 3.8) is 0 Å². The van der Waals surface area contributed by atoms with Gasteiger partial charge in [0.05, 0.1) is 11.4 Å². The molecule has 0 aliphatic heterocycles. The van der Waals surface area contributed by atoms with Gasteiger partial charge in [-0.05, 0) is 62.1 Å². The van der Waals surface area contributed by atoms with E-state index in [1.165, 1.54) is 25.7 Å². The van der Waals surface area contributed by atoms with E-state index in [2.05, 4.69) is 12.2 Å². The van der Waals surface area contributed by atoms with Crippen molar-refractivity contribution < 1.29 is 4.79 Å². The fraction of sp³-hybridized carbons (Fsp3) is 0.360. The van der Waals surface area contributed by atoms with Crippen molar-refractivity contribution in [2.75, 3.05) is 0 Å². The Morgan fingerprint density at radius 2 is 1.76 bits per heavy atom. The van der Waals surface area contributed by atoms with Crippen molar-refractivity contribution in [3.05, 3.63) is 72.4 Å². The Hall–Kier alpha value is -2.88. The van der Waals surface area contributed by atoms with Crippen LogP contribution in [0.15, 0.2) is 66.7 Å². The van der Waals surface area contributed by atoms with Crippen LogP contribution in [0.4, 0.5) is 0 Å². The Labute approximate surface area is 172 Å². The monoisotopic (exact) mass is 385 g/mol. The van der Waals surface area contributed by atoms with Crippen LogP contribution < -0.4 is 5.32 Å². The summed E-state index contributed by atoms with van der Waals surface area (Å²) >= 11 is 0. The highest BCUT2D eigenvalue weighted by atomic mass is 16.2. The van der Waals surface area contributed by atoms with Gasteiger partial charge in [0.2, 0.25) is 0 Å². The quantitative estimate of drug-likeness (QED) is 0.665. The summed E-state index contributed by atoms with van der Waals surface area (Å²) in [6.07, 6.45) is 5.32. The Morgan fingerprint density at radius 1 is 1.03 bits per heavy atom. The Kier molecular flexibility index (Phi) is 4.70. The van der Waals surface area contributed by atoms with Crippen molar-refractivity contribution in [1.29, 1.82) is 0 Å². The molecule has 29 heavy (non-hydrogen) atoms. The molecule has 1 N–H and O–H groups in total. The zero-order valence-electron chi connectivity index (χ0n) is 16.8. The molecular weight excluding hydrogens is 358 g/mol. The van der Waals surface area contributed by atoms with Crippen LogP contribution in [0.5, 0.6) is 0 Å². The van der Waals surface area contributed by atoms with Crippen molar-refractivity contribution in [2.24, 2.45) is 17.8 Å². The summed E-state index contributed by atoms with van der Waals surface area (Å²) in [5.74, 6) is 2.23. The molecule has 0 unspecified atom stereocenters. The number of fused-ring (bicyclic) bond motifs is 2. The molecule has 4 nitrogen and oxygen atoms in total. The highest BCUT2D eigenvalue weighted by Crippen LogP contribution is 2.49. The average Bonchev–Trinajstić information content (AvgIpc) is 3.50. The number of carbonyl (C=O) groups excluding carboxylic acids is 1. The highest BCUT2D eigenvalue weighted by Gasteiger charge is 2.42. The minimum atomic E-state index is -0.0428. The third kappa shape index (κ3) is 3.48. The zero-order valence-corrected chi connectivity index (χ0v) is 16.8. The summed E-state index contributed by atoms with van der Waals surface area (Å²) < 4.78 is 1.77. The minimum Gasteiger partial charge on any atom is -0.348 e. The van der Waals surface area contributed by atoms with E-state index in [0.717, 1.165) is 28.8 Å². The number of hydrogen-bond donors (Lipinski definition) is 1. The first-order valence-corrected chi connectivity index (χ1v) is 10.7. The lowest BCUT2D eigenvalue weighted by molar-refractivity contribution is 0.0907. The molecule has 1 aromatic heterocycles. The smallest absolute Gasteiger partial charge is 0.270 e. The van der Waals surface area contributed by atoms with Gasteiger partial charge in [-0.1, -0.05) is 55.0 Å². The zero-order chi connectivity index (χ0) is 19.8. The Balaban J connectivity index is 1.44. The number of carbonyl (C=O) groups is 1. The van der Waals surface area contributed by atoms with E-state index in [1.807, 2.05) is 66.7 Å². The molecule has 4 atom stereocenters. The second-order valence-corrected chi connectivity index (χ2v) is 8.63. The molecule has 0 radical (unpaired) electrons. The molecule has 148 valence electrons. The molecule has 5 rings (SSSR count). The maximum atomic E-state index is 13.3. The topological polar surface area (TPSA) is 46.9 Å². The van der Waals surface area contributed by atoms with Gasteiger partial charge >= 0.3 is 0 Å². The lowest BCUT2D eigenvalue weighted by Crippen LogP contribution is -2.40. The first-order chi connectivity index (χ1) is 14.2. The Morgan fingerprint density at radius 3 is 2.41 bits per heavy atom. The fourth-order valence-corrected chi connectivity index (χ4v) is 5.35. The van der Waals surface area contributed by atoms with Gasteiger partial charge in [-0.2, -0.15) is 5.10 Å². The number of amides is 1. The molecule has 3 aromatic rings. The predicted molar refractivity (Wildman–Crippen MR) is 115 cm³/mol. The van der Waals surface area contributed by atoms with Crippen LogP contribution in [0.1, 0.15) is 43.1 Å². The van der Waals surface area contributed by atoms with Crippen LogP contribution in [-0.4, -0.2) is 21.7 Å². The summed E-state index contributed by atoms with van der Waals surface area (Å²) in [5.41, 5.74) is 3.31. The summed E-state index contributed by atoms with van der Waals surface area (Å²) in [6, 6.07) is 22.0. The van der Waals surface area contributed by atoms with Crippen molar-refractivity contribution in [1.82, 2.24) is 15.1 Å². The molecule has 2 bridgehead atoms. The van der Waals surface area contributed by atoms with Gasteiger partial charge < -0.3 is 5.32 Å². The van der Waals surface area contributed by atoms with Crippen molar-refractivity contribution in [3.8, 4) is 16.9 Å². The van der Waals surface area contributed by atoms with E-state index >= 15 is 0 Å². The molecule has 4 heteroatoms. The van der Waals surface area contributed by atoms with Gasteiger partial charge in [0.15, 0.2) is 0 Å². The number of aromatic nitrogens is 2. The summed E-state index contributed by atoms with van der Waals surface area (Å²) in [4.78, 5) is 13.3. The second-order valence-electron chi connectivity index (χ2n) is 8.63. The van der Waals surface area contributed by atoms with Crippen LogP contribution in [0.3, 0.4) is 0 Å². The lowest BCUT2D eigenvalue weighted by Gasteiger charge is -2.28. The van der Waals surface area contributed by atoms with Gasteiger partial charge in [0.1, 0.15) is 5.69 Å². The average molecular weight is 386 g/mol. The van der Waals surface area contributed by atoms with Crippen LogP contribution in [0.25, 0.3) is 16.9 Å². The lowest BCUT2D eigenvalue weighted by atomic mass is 9.84. The van der Waals surface area contributed by atoms with Crippen LogP contribution in [0, 0.1) is 17.8 Å². The first kappa shape index (κ1) is 18.2. The maximum absolute atomic E-state index is 13.3. The molecule has 1 heterocycles. The SMILES string of the molecule is C[C@@H](NC(=O)c1cc(-c2ccccc2)nn1-c1ccccc1)[C@@H]1C[C@H]2CC[C@H]1C2. The third-order valence-electron chi connectivity index (χ3n) is 6.81. The number of para-hydroxylation sites is 1. The molecular formula is C25H27N3O. The van der Waals surface area contributed by atoms with Crippen molar-refractivity contribution in [2.45, 2.75) is 38.6 Å². The largest absolute Gasteiger partial charge is 0.348 e. The van der Waals surface area contributed by atoms with Crippen LogP contribution in [-0.2, 0) is 0 Å². The number of benzene rings is 2. The molecule has 2 saturated carbocycles. The van der Waals surface area contributed by atoms with E-state index < -0.39 is 0 Å². The molecule has 2 aliphatic carbocycles. The van der Waals surface area contributed by atoms with E-state index in [0.29, 0.717) is 11.6 Å². The summed E-state index contributed by atoms with van der Waals surface area (Å²) in [6.45, 7) is 2.17. The van der Waals surface area contributed by atoms with Gasteiger partial charge in [-0.3, -0.25) is 4.79 Å². The number of hydrogen-bond acceptors (Lipinski definition) is 2. The molecule has 1 amide bonds. The van der Waals surface area contributed by atoms with E-state index in [9.17, 15) is 4.79 Å². The first-order valence-electron chi connectivity index (χ1n) is 10.7. The molecule has 0 spiro atoms. The van der Waals surface area contributed by atoms with Gasteiger partial charge in [-0.15, -0.1) is 0 Å². The standard InChI is InChI=1S/C25H27N3O/c1-17(22-15-18-12-13-20(22)14-18)26-25(29)24-16-23(19-8-4-2-5-9-19)27-28(24)21-10-6-3-7-11-21/h2-11,16-18,20,22H,12-15H2,1H3,(H,26,29)/t17-,18+,20+,22+/m1/s1. The van der Waals surface area contributed by atoms with Gasteiger partial charge in [0, 0.05) is 11.6 Å². The molecule has 2 fully saturated rings. The number of nitrogens with zero attached hydrogens (tertiary/aromatic N) is 2.